The molecule has 1 amide bonds. The molecule has 1 fully saturated rings. The van der Waals surface area contributed by atoms with Crippen LogP contribution >= 0.6 is 0 Å². The summed E-state index contributed by atoms with van der Waals surface area (Å²) in [6.07, 6.45) is 2.02. The fourth-order valence-electron chi connectivity index (χ4n) is 3.49. The van der Waals surface area contributed by atoms with Crippen LogP contribution in [0.25, 0.3) is 0 Å². The van der Waals surface area contributed by atoms with Crippen LogP contribution in [0.15, 0.2) is 48.5 Å². The number of carbonyl (C=O) groups excluding carboxylic acids is 1. The predicted molar refractivity (Wildman–Crippen MR) is 109 cm³/mol. The number of amides is 1. The van der Waals surface area contributed by atoms with Crippen molar-refractivity contribution in [3.05, 3.63) is 65.2 Å². The molecule has 0 aromatic heterocycles. The maximum atomic E-state index is 12.6. The van der Waals surface area contributed by atoms with Crippen molar-refractivity contribution in [2.75, 3.05) is 39.3 Å². The fourth-order valence-corrected chi connectivity index (χ4v) is 3.49. The minimum atomic E-state index is 0.149. The molecule has 4 nitrogen and oxygen atoms in total. The molecule has 1 aliphatic heterocycles. The van der Waals surface area contributed by atoms with E-state index in [-0.39, 0.29) is 5.91 Å². The maximum absolute atomic E-state index is 12.6. The number of aryl methyl sites for hydroxylation is 2. The second-order valence-electron chi connectivity index (χ2n) is 7.32. The van der Waals surface area contributed by atoms with Crippen molar-refractivity contribution in [2.24, 2.45) is 0 Å². The van der Waals surface area contributed by atoms with Crippen molar-refractivity contribution >= 4 is 5.91 Å². The lowest BCUT2D eigenvalue weighted by atomic mass is 10.1. The molecule has 0 bridgehead atoms. The van der Waals surface area contributed by atoms with Crippen LogP contribution < -0.4 is 4.74 Å². The van der Waals surface area contributed by atoms with E-state index in [4.69, 9.17) is 4.74 Å². The molecule has 2 aromatic rings. The van der Waals surface area contributed by atoms with Gasteiger partial charge in [0.1, 0.15) is 5.75 Å². The highest BCUT2D eigenvalue weighted by Gasteiger charge is 2.19. The Hall–Kier alpha value is -2.33. The van der Waals surface area contributed by atoms with E-state index in [1.54, 1.807) is 0 Å². The number of hydrogen-bond donors (Lipinski definition) is 0. The highest BCUT2D eigenvalue weighted by atomic mass is 16.5. The van der Waals surface area contributed by atoms with Gasteiger partial charge < -0.3 is 14.5 Å². The average Bonchev–Trinajstić information content (AvgIpc) is 2.93. The van der Waals surface area contributed by atoms with Crippen LogP contribution in [0.3, 0.4) is 0 Å². The zero-order valence-corrected chi connectivity index (χ0v) is 16.5. The van der Waals surface area contributed by atoms with Crippen LogP contribution in [0.5, 0.6) is 5.75 Å². The van der Waals surface area contributed by atoms with E-state index in [9.17, 15) is 4.79 Å². The van der Waals surface area contributed by atoms with Crippen LogP contribution in [0.2, 0.25) is 0 Å². The Labute approximate surface area is 162 Å². The molecule has 1 aliphatic rings. The molecule has 0 unspecified atom stereocenters. The molecule has 0 radical (unpaired) electrons. The van der Waals surface area contributed by atoms with Gasteiger partial charge in [-0.25, -0.2) is 0 Å². The Morgan fingerprint density at radius 3 is 2.63 bits per heavy atom. The van der Waals surface area contributed by atoms with Crippen LogP contribution in [-0.4, -0.2) is 55.0 Å². The largest absolute Gasteiger partial charge is 0.493 e. The predicted octanol–water partition coefficient (Wildman–Crippen LogP) is 3.92. The molecule has 27 heavy (non-hydrogen) atoms. The average molecular weight is 367 g/mol. The molecule has 2 aromatic carbocycles. The van der Waals surface area contributed by atoms with E-state index in [1.165, 1.54) is 11.1 Å². The summed E-state index contributed by atoms with van der Waals surface area (Å²) in [4.78, 5) is 17.1. The first-order valence-electron chi connectivity index (χ1n) is 9.90. The van der Waals surface area contributed by atoms with Crippen LogP contribution in [-0.2, 0) is 0 Å². The van der Waals surface area contributed by atoms with E-state index >= 15 is 0 Å². The van der Waals surface area contributed by atoms with Gasteiger partial charge in [-0.2, -0.15) is 0 Å². The zero-order valence-electron chi connectivity index (χ0n) is 16.5. The van der Waals surface area contributed by atoms with Crippen molar-refractivity contribution < 1.29 is 9.53 Å². The van der Waals surface area contributed by atoms with Crippen LogP contribution in [0, 0.1) is 13.8 Å². The van der Waals surface area contributed by atoms with E-state index in [0.29, 0.717) is 0 Å². The quantitative estimate of drug-likeness (QED) is 0.727. The fraction of sp³-hybridized carbons (Fsp3) is 0.435. The van der Waals surface area contributed by atoms with E-state index < -0.39 is 0 Å². The first kappa shape index (κ1) is 19.4. The highest BCUT2D eigenvalue weighted by Crippen LogP contribution is 2.19. The topological polar surface area (TPSA) is 32.8 Å². The summed E-state index contributed by atoms with van der Waals surface area (Å²) < 4.78 is 5.97. The van der Waals surface area contributed by atoms with Crippen molar-refractivity contribution in [2.45, 2.75) is 26.7 Å². The van der Waals surface area contributed by atoms with Gasteiger partial charge in [-0.15, -0.1) is 0 Å². The maximum Gasteiger partial charge on any atom is 0.253 e. The zero-order chi connectivity index (χ0) is 19.1. The van der Waals surface area contributed by atoms with Gasteiger partial charge in [0.2, 0.25) is 0 Å². The van der Waals surface area contributed by atoms with Crippen molar-refractivity contribution in [1.82, 2.24) is 9.80 Å². The number of carbonyl (C=O) groups is 1. The van der Waals surface area contributed by atoms with Gasteiger partial charge in [0, 0.05) is 31.7 Å². The first-order valence-corrected chi connectivity index (χ1v) is 9.90. The summed E-state index contributed by atoms with van der Waals surface area (Å²) in [7, 11) is 0. The Balaban J connectivity index is 1.42. The normalized spacial score (nSPS) is 15.4. The van der Waals surface area contributed by atoms with Gasteiger partial charge in [-0.3, -0.25) is 4.79 Å². The monoisotopic (exact) mass is 366 g/mol. The minimum absolute atomic E-state index is 0.149. The molecule has 4 heteroatoms. The smallest absolute Gasteiger partial charge is 0.253 e. The van der Waals surface area contributed by atoms with Crippen LogP contribution in [0.4, 0.5) is 0 Å². The summed E-state index contributed by atoms with van der Waals surface area (Å²) in [5.74, 6) is 1.14. The summed E-state index contributed by atoms with van der Waals surface area (Å²) in [5, 5.41) is 0. The minimum Gasteiger partial charge on any atom is -0.493 e. The third-order valence-electron chi connectivity index (χ3n) is 5.12. The first-order chi connectivity index (χ1) is 13.1. The molecular weight excluding hydrogens is 336 g/mol. The molecule has 144 valence electrons. The Morgan fingerprint density at radius 2 is 1.81 bits per heavy atom. The van der Waals surface area contributed by atoms with Gasteiger partial charge in [-0.05, 0) is 62.6 Å². The molecule has 1 saturated heterocycles. The van der Waals surface area contributed by atoms with Gasteiger partial charge >= 0.3 is 0 Å². The lowest BCUT2D eigenvalue weighted by Gasteiger charge is -2.22. The Kier molecular flexibility index (Phi) is 6.88. The number of benzene rings is 2. The van der Waals surface area contributed by atoms with Gasteiger partial charge in [0.15, 0.2) is 0 Å². The number of hydrogen-bond acceptors (Lipinski definition) is 3. The van der Waals surface area contributed by atoms with Crippen LogP contribution in [0.1, 0.15) is 34.3 Å². The number of nitrogens with zero attached hydrogens (tertiary/aromatic N) is 2. The number of ether oxygens (including phenoxy) is 1. The Morgan fingerprint density at radius 1 is 1.00 bits per heavy atom. The highest BCUT2D eigenvalue weighted by molar-refractivity contribution is 5.94. The summed E-state index contributed by atoms with van der Waals surface area (Å²) in [5.41, 5.74) is 3.20. The van der Waals surface area contributed by atoms with Crippen molar-refractivity contribution in [3.8, 4) is 5.75 Å². The molecule has 1 heterocycles. The number of rotatable bonds is 6. The van der Waals surface area contributed by atoms with E-state index in [1.807, 2.05) is 35.2 Å². The van der Waals surface area contributed by atoms with Gasteiger partial charge in [0.25, 0.3) is 5.91 Å². The molecule has 0 atom stereocenters. The lowest BCUT2D eigenvalue weighted by molar-refractivity contribution is 0.0761. The molecular formula is C23H30N2O2. The standard InChI is InChI=1S/C23H30N2O2/c1-19-10-11-20(2)22(18-19)27-17-7-13-24-12-6-14-25(16-15-24)23(26)21-8-4-3-5-9-21/h3-5,8-11,18H,6-7,12-17H2,1-2H3. The second kappa shape index (κ2) is 9.56. The van der Waals surface area contributed by atoms with E-state index in [0.717, 1.165) is 63.5 Å². The molecule has 3 rings (SSSR count). The molecule has 0 saturated carbocycles. The molecule has 0 spiro atoms. The third-order valence-corrected chi connectivity index (χ3v) is 5.12. The molecule has 0 N–H and O–H groups in total. The Bertz CT molecular complexity index is 745. The van der Waals surface area contributed by atoms with Crippen molar-refractivity contribution in [3.63, 3.8) is 0 Å². The second-order valence-corrected chi connectivity index (χ2v) is 7.32. The van der Waals surface area contributed by atoms with Crippen molar-refractivity contribution in [1.29, 1.82) is 0 Å². The van der Waals surface area contributed by atoms with Gasteiger partial charge in [-0.1, -0.05) is 30.3 Å². The summed E-state index contributed by atoms with van der Waals surface area (Å²) >= 11 is 0. The molecule has 0 aliphatic carbocycles. The lowest BCUT2D eigenvalue weighted by Crippen LogP contribution is -2.35. The SMILES string of the molecule is Cc1ccc(C)c(OCCCN2CCCN(C(=O)c3ccccc3)CC2)c1. The summed E-state index contributed by atoms with van der Waals surface area (Å²) in [6, 6.07) is 15.9. The summed E-state index contributed by atoms with van der Waals surface area (Å²) in [6.45, 7) is 9.53. The third kappa shape index (κ3) is 5.57. The van der Waals surface area contributed by atoms with E-state index in [2.05, 4.69) is 36.9 Å². The van der Waals surface area contributed by atoms with Gasteiger partial charge in [0.05, 0.1) is 6.61 Å².